The molecule has 1 aliphatic rings. The van der Waals surface area contributed by atoms with E-state index in [4.69, 9.17) is 0 Å². The first kappa shape index (κ1) is 15.8. The lowest BCUT2D eigenvalue weighted by Crippen LogP contribution is -2.49. The molecule has 1 aliphatic heterocycles. The first-order chi connectivity index (χ1) is 9.77. The first-order valence-corrected chi connectivity index (χ1v) is 6.64. The Balaban J connectivity index is 1.95. The highest BCUT2D eigenvalue weighted by atomic mass is 19.4. The van der Waals surface area contributed by atoms with E-state index in [0.717, 1.165) is 0 Å². The summed E-state index contributed by atoms with van der Waals surface area (Å²) in [5.74, 6) is -2.34. The van der Waals surface area contributed by atoms with Crippen LogP contribution in [0.4, 0.5) is 23.2 Å². The van der Waals surface area contributed by atoms with Crippen molar-refractivity contribution < 1.29 is 22.4 Å². The summed E-state index contributed by atoms with van der Waals surface area (Å²) in [4.78, 5) is 12.0. The van der Waals surface area contributed by atoms with Crippen molar-refractivity contribution in [3.63, 3.8) is 0 Å². The van der Waals surface area contributed by atoms with Crippen LogP contribution in [-0.2, 0) is 4.79 Å². The van der Waals surface area contributed by atoms with Gasteiger partial charge in [0.2, 0.25) is 5.91 Å². The first-order valence-electron chi connectivity index (χ1n) is 6.64. The van der Waals surface area contributed by atoms with Crippen molar-refractivity contribution in [3.05, 3.63) is 29.6 Å². The van der Waals surface area contributed by atoms with Gasteiger partial charge in [0, 0.05) is 12.2 Å². The summed E-state index contributed by atoms with van der Waals surface area (Å²) in [6.45, 7) is 1.44. The molecule has 1 amide bonds. The van der Waals surface area contributed by atoms with Crippen molar-refractivity contribution in [3.8, 4) is 0 Å². The van der Waals surface area contributed by atoms with Crippen LogP contribution in [-0.4, -0.2) is 24.7 Å². The van der Waals surface area contributed by atoms with Crippen molar-refractivity contribution in [1.29, 1.82) is 0 Å². The molecule has 2 atom stereocenters. The molecule has 3 nitrogen and oxygen atoms in total. The molecule has 1 fully saturated rings. The summed E-state index contributed by atoms with van der Waals surface area (Å²) in [5, 5.41) is 5.16. The van der Waals surface area contributed by atoms with E-state index in [1.54, 1.807) is 6.92 Å². The number of amides is 1. The molecule has 2 rings (SSSR count). The van der Waals surface area contributed by atoms with Crippen molar-refractivity contribution >= 4 is 11.6 Å². The van der Waals surface area contributed by atoms with Gasteiger partial charge in [-0.2, -0.15) is 13.2 Å². The van der Waals surface area contributed by atoms with E-state index in [2.05, 4.69) is 10.6 Å². The highest BCUT2D eigenvalue weighted by Gasteiger charge is 2.42. The van der Waals surface area contributed by atoms with Gasteiger partial charge in [-0.1, -0.05) is 6.07 Å². The second-order valence-electron chi connectivity index (χ2n) is 5.23. The van der Waals surface area contributed by atoms with Crippen LogP contribution in [0.5, 0.6) is 0 Å². The molecule has 0 aromatic heterocycles. The standard InChI is InChI=1S/C14H16F4N2O/c1-8-2-4-10(15)6-12(8)20-13(21)11-5-3-9(7-19-11)14(16,17)18/h2,4,6,9,11,19H,3,5,7H2,1H3,(H,20,21). The van der Waals surface area contributed by atoms with E-state index in [9.17, 15) is 22.4 Å². The molecule has 2 unspecified atom stereocenters. The van der Waals surface area contributed by atoms with Gasteiger partial charge >= 0.3 is 6.18 Å². The Morgan fingerprint density at radius 3 is 2.62 bits per heavy atom. The van der Waals surface area contributed by atoms with Crippen LogP contribution in [0.25, 0.3) is 0 Å². The number of carbonyl (C=O) groups excluding carboxylic acids is 1. The number of piperidine rings is 1. The van der Waals surface area contributed by atoms with Crippen LogP contribution in [0.3, 0.4) is 0 Å². The van der Waals surface area contributed by atoms with Gasteiger partial charge in [-0.25, -0.2) is 4.39 Å². The fourth-order valence-corrected chi connectivity index (χ4v) is 2.31. The van der Waals surface area contributed by atoms with Crippen molar-refractivity contribution in [2.24, 2.45) is 5.92 Å². The highest BCUT2D eigenvalue weighted by molar-refractivity contribution is 5.95. The maximum atomic E-state index is 13.1. The van der Waals surface area contributed by atoms with Crippen molar-refractivity contribution in [1.82, 2.24) is 5.32 Å². The third kappa shape index (κ3) is 3.93. The number of hydrogen-bond acceptors (Lipinski definition) is 2. The number of aryl methyl sites for hydroxylation is 1. The maximum absolute atomic E-state index is 13.1. The van der Waals surface area contributed by atoms with Crippen LogP contribution < -0.4 is 10.6 Å². The smallest absolute Gasteiger partial charge is 0.324 e. The van der Waals surface area contributed by atoms with Crippen LogP contribution >= 0.6 is 0 Å². The quantitative estimate of drug-likeness (QED) is 0.825. The number of carbonyl (C=O) groups is 1. The second-order valence-corrected chi connectivity index (χ2v) is 5.23. The Kier molecular flexibility index (Phi) is 4.51. The Morgan fingerprint density at radius 2 is 2.05 bits per heavy atom. The molecule has 0 radical (unpaired) electrons. The predicted octanol–water partition coefficient (Wildman–Crippen LogP) is 3.00. The van der Waals surface area contributed by atoms with E-state index in [1.807, 2.05) is 0 Å². The lowest BCUT2D eigenvalue weighted by molar-refractivity contribution is -0.180. The van der Waals surface area contributed by atoms with Crippen LogP contribution in [0.1, 0.15) is 18.4 Å². The normalized spacial score (nSPS) is 22.9. The fraction of sp³-hybridized carbons (Fsp3) is 0.500. The lowest BCUT2D eigenvalue weighted by atomic mass is 9.94. The van der Waals surface area contributed by atoms with Crippen molar-refractivity contribution in [2.45, 2.75) is 32.0 Å². The fourth-order valence-electron chi connectivity index (χ4n) is 2.31. The van der Waals surface area contributed by atoms with E-state index in [-0.39, 0.29) is 19.4 Å². The maximum Gasteiger partial charge on any atom is 0.393 e. The number of benzene rings is 1. The second kappa shape index (κ2) is 6.01. The summed E-state index contributed by atoms with van der Waals surface area (Å²) < 4.78 is 50.7. The van der Waals surface area contributed by atoms with Gasteiger partial charge in [0.05, 0.1) is 12.0 Å². The topological polar surface area (TPSA) is 41.1 Å². The van der Waals surface area contributed by atoms with Gasteiger partial charge < -0.3 is 10.6 Å². The molecule has 2 N–H and O–H groups in total. The molecule has 0 bridgehead atoms. The molecule has 1 aromatic rings. The zero-order chi connectivity index (χ0) is 15.6. The van der Waals surface area contributed by atoms with Crippen LogP contribution in [0.15, 0.2) is 18.2 Å². The minimum Gasteiger partial charge on any atom is -0.324 e. The largest absolute Gasteiger partial charge is 0.393 e. The zero-order valence-corrected chi connectivity index (χ0v) is 11.4. The van der Waals surface area contributed by atoms with Gasteiger partial charge in [-0.3, -0.25) is 4.79 Å². The van der Waals surface area contributed by atoms with Gasteiger partial charge in [-0.05, 0) is 37.5 Å². The van der Waals surface area contributed by atoms with Gasteiger partial charge in [-0.15, -0.1) is 0 Å². The van der Waals surface area contributed by atoms with Gasteiger partial charge in [0.15, 0.2) is 0 Å². The number of nitrogens with one attached hydrogen (secondary N) is 2. The number of alkyl halides is 3. The van der Waals surface area contributed by atoms with Crippen LogP contribution in [0.2, 0.25) is 0 Å². The highest BCUT2D eigenvalue weighted by Crippen LogP contribution is 2.32. The molecule has 1 saturated heterocycles. The Hall–Kier alpha value is -1.63. The summed E-state index contributed by atoms with van der Waals surface area (Å²) >= 11 is 0. The van der Waals surface area contributed by atoms with E-state index >= 15 is 0 Å². The van der Waals surface area contributed by atoms with Crippen LogP contribution in [0, 0.1) is 18.7 Å². The Labute approximate surface area is 119 Å². The molecule has 0 spiro atoms. The molecule has 7 heteroatoms. The average molecular weight is 304 g/mol. The third-order valence-corrected chi connectivity index (χ3v) is 3.65. The summed E-state index contributed by atoms with van der Waals surface area (Å²) in [6.07, 6.45) is -4.23. The number of anilines is 1. The molecular weight excluding hydrogens is 288 g/mol. The Morgan fingerprint density at radius 1 is 1.33 bits per heavy atom. The Bertz CT molecular complexity index is 522. The van der Waals surface area contributed by atoms with E-state index in [1.165, 1.54) is 18.2 Å². The molecule has 1 aromatic carbocycles. The molecule has 0 saturated carbocycles. The zero-order valence-electron chi connectivity index (χ0n) is 11.4. The number of rotatable bonds is 2. The minimum atomic E-state index is -4.24. The van der Waals surface area contributed by atoms with Gasteiger partial charge in [0.1, 0.15) is 5.82 Å². The summed E-state index contributed by atoms with van der Waals surface area (Å²) in [6, 6.07) is 3.30. The molecular formula is C14H16F4N2O. The third-order valence-electron chi connectivity index (χ3n) is 3.65. The molecule has 116 valence electrons. The molecule has 0 aliphatic carbocycles. The summed E-state index contributed by atoms with van der Waals surface area (Å²) in [5.41, 5.74) is 1.02. The number of hydrogen-bond donors (Lipinski definition) is 2. The number of halogens is 4. The van der Waals surface area contributed by atoms with E-state index in [0.29, 0.717) is 11.3 Å². The monoisotopic (exact) mass is 304 g/mol. The molecule has 1 heterocycles. The SMILES string of the molecule is Cc1ccc(F)cc1NC(=O)C1CCC(C(F)(F)F)CN1. The minimum absolute atomic E-state index is 0.0866. The van der Waals surface area contributed by atoms with E-state index < -0.39 is 29.9 Å². The average Bonchev–Trinajstić information content (AvgIpc) is 2.42. The predicted molar refractivity (Wildman–Crippen MR) is 70.3 cm³/mol. The van der Waals surface area contributed by atoms with Crippen molar-refractivity contribution in [2.75, 3.05) is 11.9 Å². The molecule has 21 heavy (non-hydrogen) atoms. The van der Waals surface area contributed by atoms with Gasteiger partial charge in [0.25, 0.3) is 0 Å². The summed E-state index contributed by atoms with van der Waals surface area (Å²) in [7, 11) is 0. The lowest BCUT2D eigenvalue weighted by Gasteiger charge is -2.30.